The Labute approximate surface area is 192 Å². The van der Waals surface area contributed by atoms with Gasteiger partial charge in [-0.3, -0.25) is 14.9 Å². The lowest BCUT2D eigenvalue weighted by molar-refractivity contribution is -0.122. The molecule has 4 rings (SSSR count). The molecule has 0 spiro atoms. The number of hydrogen-bond donors (Lipinski definition) is 1. The Kier molecular flexibility index (Phi) is 5.21. The van der Waals surface area contributed by atoms with Crippen molar-refractivity contribution in [2.24, 2.45) is 0 Å². The molecule has 0 unspecified atom stereocenters. The van der Waals surface area contributed by atoms with E-state index < -0.39 is 17.8 Å². The average Bonchev–Trinajstić information content (AvgIpc) is 2.69. The van der Waals surface area contributed by atoms with Crippen LogP contribution in [0.5, 0.6) is 0 Å². The largest absolute Gasteiger partial charge is 0.365 e. The number of rotatable bonds is 2. The maximum absolute atomic E-state index is 13.2. The lowest BCUT2D eigenvalue weighted by atomic mass is 9.87. The number of fused-ring (bicyclic) bond motifs is 1. The van der Waals surface area contributed by atoms with E-state index in [4.69, 9.17) is 11.6 Å². The maximum atomic E-state index is 13.2. The third kappa shape index (κ3) is 3.60. The molecule has 0 aliphatic carbocycles. The van der Waals surface area contributed by atoms with Gasteiger partial charge in [-0.15, -0.1) is 0 Å². The van der Waals surface area contributed by atoms with E-state index in [-0.39, 0.29) is 11.1 Å². The zero-order valence-corrected chi connectivity index (χ0v) is 19.4. The zero-order valence-electron chi connectivity index (χ0n) is 18.6. The molecule has 0 atom stereocenters. The predicted molar refractivity (Wildman–Crippen MR) is 128 cm³/mol. The van der Waals surface area contributed by atoms with Crippen LogP contribution in [-0.4, -0.2) is 30.4 Å². The smallest absolute Gasteiger partial charge is 0.335 e. The van der Waals surface area contributed by atoms with Gasteiger partial charge in [0.05, 0.1) is 11.2 Å². The van der Waals surface area contributed by atoms with Gasteiger partial charge in [-0.2, -0.15) is 0 Å². The monoisotopic (exact) mass is 449 g/mol. The van der Waals surface area contributed by atoms with Crippen LogP contribution in [0.1, 0.15) is 37.5 Å². The van der Waals surface area contributed by atoms with E-state index in [0.717, 1.165) is 32.9 Å². The highest BCUT2D eigenvalue weighted by Crippen LogP contribution is 2.39. The molecule has 0 saturated carbocycles. The molecule has 2 heterocycles. The molecule has 7 heteroatoms. The molecule has 2 aliphatic heterocycles. The van der Waals surface area contributed by atoms with Crippen LogP contribution in [0.15, 0.2) is 48.0 Å². The highest BCUT2D eigenvalue weighted by Gasteiger charge is 2.37. The molecule has 0 aromatic heterocycles. The van der Waals surface area contributed by atoms with Gasteiger partial charge in [-0.05, 0) is 80.8 Å². The number of barbiturate groups is 1. The van der Waals surface area contributed by atoms with Gasteiger partial charge in [0.25, 0.3) is 11.8 Å². The molecule has 32 heavy (non-hydrogen) atoms. The van der Waals surface area contributed by atoms with E-state index in [0.29, 0.717) is 10.7 Å². The van der Waals surface area contributed by atoms with Crippen LogP contribution in [0.3, 0.4) is 0 Å². The number of urea groups is 1. The van der Waals surface area contributed by atoms with Gasteiger partial charge in [0.1, 0.15) is 5.57 Å². The number of halogens is 1. The van der Waals surface area contributed by atoms with Crippen molar-refractivity contribution in [1.29, 1.82) is 0 Å². The van der Waals surface area contributed by atoms with Gasteiger partial charge < -0.3 is 4.90 Å². The summed E-state index contributed by atoms with van der Waals surface area (Å²) in [4.78, 5) is 41.3. The second-order valence-electron chi connectivity index (χ2n) is 8.70. The third-order valence-corrected chi connectivity index (χ3v) is 6.31. The van der Waals surface area contributed by atoms with Crippen molar-refractivity contribution < 1.29 is 14.4 Å². The number of anilines is 2. The summed E-state index contributed by atoms with van der Waals surface area (Å²) in [6, 6.07) is 9.61. The number of hydrogen-bond acceptors (Lipinski definition) is 4. The Balaban J connectivity index is 1.80. The number of benzene rings is 2. The summed E-state index contributed by atoms with van der Waals surface area (Å²) >= 11 is 6.03. The van der Waals surface area contributed by atoms with E-state index in [1.54, 1.807) is 24.3 Å². The molecule has 2 aromatic rings. The summed E-state index contributed by atoms with van der Waals surface area (Å²) in [5.41, 5.74) is 4.96. The fourth-order valence-electron chi connectivity index (χ4n) is 4.14. The second-order valence-corrected chi connectivity index (χ2v) is 9.14. The summed E-state index contributed by atoms with van der Waals surface area (Å²) < 4.78 is 0. The Bertz CT molecular complexity index is 1240. The lowest BCUT2D eigenvalue weighted by Gasteiger charge is -2.41. The first-order chi connectivity index (χ1) is 15.0. The lowest BCUT2D eigenvalue weighted by Crippen LogP contribution is -2.54. The van der Waals surface area contributed by atoms with Gasteiger partial charge in [0.2, 0.25) is 0 Å². The number of aryl methyl sites for hydroxylation is 1. The quantitative estimate of drug-likeness (QED) is 0.520. The van der Waals surface area contributed by atoms with E-state index in [1.807, 2.05) is 20.0 Å². The first kappa shape index (κ1) is 21.8. The minimum Gasteiger partial charge on any atom is -0.365 e. The molecule has 1 saturated heterocycles. The standard InChI is InChI=1S/C25H24ClN3O3/c1-14-9-21-19(15(2)13-25(3,4)28(21)5)10-16(14)11-20-22(30)27-24(32)29(23(20)31)18-8-6-7-17(26)12-18/h6-13H,1-5H3,(H,27,30,32)/b20-11-. The Morgan fingerprint density at radius 1 is 1.06 bits per heavy atom. The highest BCUT2D eigenvalue weighted by atomic mass is 35.5. The van der Waals surface area contributed by atoms with Crippen LogP contribution < -0.4 is 15.1 Å². The summed E-state index contributed by atoms with van der Waals surface area (Å²) in [5, 5.41) is 2.63. The number of imide groups is 2. The Morgan fingerprint density at radius 3 is 2.47 bits per heavy atom. The second kappa shape index (κ2) is 7.64. The van der Waals surface area contributed by atoms with Crippen molar-refractivity contribution in [3.05, 3.63) is 69.8 Å². The number of carbonyl (C=O) groups excluding carboxylic acids is 3. The molecule has 164 valence electrons. The predicted octanol–water partition coefficient (Wildman–Crippen LogP) is 4.95. The molecule has 2 aromatic carbocycles. The molecule has 0 radical (unpaired) electrons. The van der Waals surface area contributed by atoms with E-state index >= 15 is 0 Å². The van der Waals surface area contributed by atoms with Gasteiger partial charge in [-0.1, -0.05) is 23.7 Å². The van der Waals surface area contributed by atoms with Crippen LogP contribution in [0.2, 0.25) is 5.02 Å². The summed E-state index contributed by atoms with van der Waals surface area (Å²) in [5.74, 6) is -1.41. The Morgan fingerprint density at radius 2 is 1.78 bits per heavy atom. The van der Waals surface area contributed by atoms with Crippen molar-refractivity contribution in [1.82, 2.24) is 5.32 Å². The normalized spacial score (nSPS) is 19.1. The van der Waals surface area contributed by atoms with Gasteiger partial charge >= 0.3 is 6.03 Å². The topological polar surface area (TPSA) is 69.7 Å². The molecule has 4 amide bonds. The third-order valence-electron chi connectivity index (χ3n) is 6.07. The first-order valence-electron chi connectivity index (χ1n) is 10.2. The van der Waals surface area contributed by atoms with Crippen LogP contribution in [0, 0.1) is 6.92 Å². The van der Waals surface area contributed by atoms with Crippen molar-refractivity contribution in [2.75, 3.05) is 16.8 Å². The molecule has 1 N–H and O–H groups in total. The maximum Gasteiger partial charge on any atom is 0.335 e. The average molecular weight is 450 g/mol. The summed E-state index contributed by atoms with van der Waals surface area (Å²) in [6.45, 7) is 8.29. The summed E-state index contributed by atoms with van der Waals surface area (Å²) in [6.07, 6.45) is 3.74. The number of amides is 4. The van der Waals surface area contributed by atoms with Crippen molar-refractivity contribution >= 4 is 52.5 Å². The minimum atomic E-state index is -0.802. The SMILES string of the molecule is CC1=CC(C)(C)N(C)c2cc(C)c(/C=C3/C(=O)NC(=O)N(c4cccc(Cl)c4)C3=O)cc21. The number of nitrogens with zero attached hydrogens (tertiary/aromatic N) is 2. The van der Waals surface area contributed by atoms with Crippen LogP contribution in [0.4, 0.5) is 16.2 Å². The molecular formula is C25H24ClN3O3. The van der Waals surface area contributed by atoms with Crippen molar-refractivity contribution in [3.63, 3.8) is 0 Å². The van der Waals surface area contributed by atoms with Gasteiger partial charge in [0, 0.05) is 23.3 Å². The Hall–Kier alpha value is -3.38. The number of allylic oxidation sites excluding steroid dienone is 1. The minimum absolute atomic E-state index is 0.112. The van der Waals surface area contributed by atoms with Gasteiger partial charge in [0.15, 0.2) is 0 Å². The summed E-state index contributed by atoms with van der Waals surface area (Å²) in [7, 11) is 2.05. The molecular weight excluding hydrogens is 426 g/mol. The van der Waals surface area contributed by atoms with E-state index in [2.05, 4.69) is 43.1 Å². The van der Waals surface area contributed by atoms with Crippen LogP contribution in [0.25, 0.3) is 11.6 Å². The number of carbonyl (C=O) groups is 3. The van der Waals surface area contributed by atoms with E-state index in [9.17, 15) is 14.4 Å². The molecule has 1 fully saturated rings. The highest BCUT2D eigenvalue weighted by molar-refractivity contribution is 6.39. The molecule has 0 bridgehead atoms. The van der Waals surface area contributed by atoms with Crippen molar-refractivity contribution in [3.8, 4) is 0 Å². The molecule has 2 aliphatic rings. The van der Waals surface area contributed by atoms with Crippen molar-refractivity contribution in [2.45, 2.75) is 33.2 Å². The van der Waals surface area contributed by atoms with E-state index in [1.165, 1.54) is 6.07 Å². The van der Waals surface area contributed by atoms with Crippen LogP contribution in [-0.2, 0) is 9.59 Å². The number of nitrogens with one attached hydrogen (secondary N) is 1. The fourth-order valence-corrected chi connectivity index (χ4v) is 4.32. The first-order valence-corrected chi connectivity index (χ1v) is 10.6. The molecule has 6 nitrogen and oxygen atoms in total. The van der Waals surface area contributed by atoms with Gasteiger partial charge in [-0.25, -0.2) is 9.69 Å². The van der Waals surface area contributed by atoms with Crippen LogP contribution >= 0.6 is 11.6 Å². The zero-order chi connectivity index (χ0) is 23.4. The fraction of sp³-hybridized carbons (Fsp3) is 0.240. The number of likely N-dealkylation sites (N-methyl/N-ethyl adjacent to an activating group) is 1.